The highest BCUT2D eigenvalue weighted by Gasteiger charge is 2.10. The second-order valence-corrected chi connectivity index (χ2v) is 6.09. The normalized spacial score (nSPS) is 11.2. The van der Waals surface area contributed by atoms with E-state index in [2.05, 4.69) is 26.1 Å². The van der Waals surface area contributed by atoms with Gasteiger partial charge in [0.1, 0.15) is 5.69 Å². The van der Waals surface area contributed by atoms with Crippen LogP contribution in [0, 0.1) is 6.92 Å². The number of hydrogen-bond donors (Lipinski definition) is 1. The second kappa shape index (κ2) is 8.12. The highest BCUT2D eigenvalue weighted by atomic mass is 79.9. The average Bonchev–Trinajstić information content (AvgIpc) is 2.57. The Kier molecular flexibility index (Phi) is 6.16. The second-order valence-electron chi connectivity index (χ2n) is 4.82. The van der Waals surface area contributed by atoms with E-state index in [1.807, 2.05) is 6.92 Å². The number of carbonyl (C=O) groups excluding carboxylic acids is 1. The molecule has 2 aromatic rings. The minimum atomic E-state index is -0.241. The molecular formula is C16H15BrClN3O3. The first kappa shape index (κ1) is 18.2. The Morgan fingerprint density at radius 3 is 2.79 bits per heavy atom. The first-order valence-electron chi connectivity index (χ1n) is 6.88. The van der Waals surface area contributed by atoms with Gasteiger partial charge in [-0.2, -0.15) is 0 Å². The van der Waals surface area contributed by atoms with Crippen LogP contribution in [0.3, 0.4) is 0 Å². The number of benzene rings is 1. The zero-order valence-electron chi connectivity index (χ0n) is 13.0. The van der Waals surface area contributed by atoms with Gasteiger partial charge in [-0.15, -0.1) is 0 Å². The van der Waals surface area contributed by atoms with Gasteiger partial charge in [0.15, 0.2) is 12.4 Å². The van der Waals surface area contributed by atoms with Gasteiger partial charge in [-0.1, -0.05) is 16.8 Å². The number of ketones is 1. The average molecular weight is 413 g/mol. The molecule has 0 spiro atoms. The molecule has 0 saturated heterocycles. The van der Waals surface area contributed by atoms with Crippen molar-refractivity contribution in [2.24, 2.45) is 10.9 Å². The Bertz CT molecular complexity index is 796. The van der Waals surface area contributed by atoms with Crippen LogP contribution in [-0.4, -0.2) is 30.3 Å². The van der Waals surface area contributed by atoms with Crippen molar-refractivity contribution in [2.75, 3.05) is 13.7 Å². The third kappa shape index (κ3) is 4.46. The predicted molar refractivity (Wildman–Crippen MR) is 95.7 cm³/mol. The summed E-state index contributed by atoms with van der Waals surface area (Å²) in [6.07, 6.45) is 0. The molecule has 2 rings (SSSR count). The predicted octanol–water partition coefficient (Wildman–Crippen LogP) is 3.33. The van der Waals surface area contributed by atoms with Crippen molar-refractivity contribution in [3.63, 3.8) is 0 Å². The topological polar surface area (TPSA) is 86.8 Å². The molecule has 0 atom stereocenters. The van der Waals surface area contributed by atoms with E-state index in [9.17, 15) is 4.79 Å². The lowest BCUT2D eigenvalue weighted by molar-refractivity contribution is 0.0775. The van der Waals surface area contributed by atoms with Crippen LogP contribution in [0.5, 0.6) is 5.88 Å². The molecule has 0 amide bonds. The standard InChI is InChI=1S/C16H15BrClN3O3/c1-9-7-10(3-5-12(9)18)14(22)8-24-21-15(19)13-6-4-11(17)16(20-13)23-2/h3-7H,8H2,1-2H3,(H2,19,21). The molecule has 0 fully saturated rings. The SMILES string of the molecule is COc1nc(/C(N)=N/OCC(=O)c2ccc(Cl)c(C)c2)ccc1Br. The van der Waals surface area contributed by atoms with E-state index in [-0.39, 0.29) is 18.2 Å². The fourth-order valence-corrected chi connectivity index (χ4v) is 2.32. The Morgan fingerprint density at radius 2 is 2.12 bits per heavy atom. The maximum Gasteiger partial charge on any atom is 0.228 e. The number of aromatic nitrogens is 1. The molecule has 1 heterocycles. The number of nitrogens with two attached hydrogens (primary N) is 1. The van der Waals surface area contributed by atoms with Crippen molar-refractivity contribution in [3.05, 3.63) is 56.6 Å². The first-order chi connectivity index (χ1) is 11.4. The number of amidine groups is 1. The van der Waals surface area contributed by atoms with E-state index in [4.69, 9.17) is 26.9 Å². The van der Waals surface area contributed by atoms with Crippen molar-refractivity contribution in [1.82, 2.24) is 4.98 Å². The van der Waals surface area contributed by atoms with Crippen molar-refractivity contribution in [2.45, 2.75) is 6.92 Å². The summed E-state index contributed by atoms with van der Waals surface area (Å²) in [6, 6.07) is 8.38. The van der Waals surface area contributed by atoms with Crippen LogP contribution in [-0.2, 0) is 4.84 Å². The summed E-state index contributed by atoms with van der Waals surface area (Å²) in [4.78, 5) is 21.2. The van der Waals surface area contributed by atoms with Gasteiger partial charge in [-0.3, -0.25) is 4.79 Å². The number of pyridine rings is 1. The van der Waals surface area contributed by atoms with Crippen LogP contribution < -0.4 is 10.5 Å². The van der Waals surface area contributed by atoms with Crippen molar-refractivity contribution in [3.8, 4) is 5.88 Å². The molecule has 0 aliphatic heterocycles. The van der Waals surface area contributed by atoms with Crippen LogP contribution in [0.2, 0.25) is 5.02 Å². The number of oxime groups is 1. The van der Waals surface area contributed by atoms with Gasteiger partial charge < -0.3 is 15.3 Å². The molecule has 1 aromatic carbocycles. The lowest BCUT2D eigenvalue weighted by Gasteiger charge is -2.06. The molecule has 0 unspecified atom stereocenters. The van der Waals surface area contributed by atoms with E-state index >= 15 is 0 Å². The summed E-state index contributed by atoms with van der Waals surface area (Å²) in [5.74, 6) is 0.187. The largest absolute Gasteiger partial charge is 0.480 e. The van der Waals surface area contributed by atoms with Crippen LogP contribution in [0.4, 0.5) is 0 Å². The highest BCUT2D eigenvalue weighted by Crippen LogP contribution is 2.22. The third-order valence-electron chi connectivity index (χ3n) is 3.11. The molecule has 0 aliphatic rings. The molecule has 6 nitrogen and oxygen atoms in total. The molecule has 0 radical (unpaired) electrons. The number of methoxy groups -OCH3 is 1. The number of halogens is 2. The summed E-state index contributed by atoms with van der Waals surface area (Å²) < 4.78 is 5.77. The number of ether oxygens (including phenoxy) is 1. The van der Waals surface area contributed by atoms with Crippen LogP contribution >= 0.6 is 27.5 Å². The molecule has 1 aromatic heterocycles. The number of carbonyl (C=O) groups is 1. The van der Waals surface area contributed by atoms with E-state index in [0.717, 1.165) is 5.56 Å². The van der Waals surface area contributed by atoms with E-state index < -0.39 is 0 Å². The number of Topliss-reactive ketones (excluding diaryl/α,β-unsaturated/α-hetero) is 1. The molecule has 8 heteroatoms. The Labute approximate surface area is 152 Å². The Balaban J connectivity index is 2.02. The van der Waals surface area contributed by atoms with Crippen LogP contribution in [0.15, 0.2) is 40.0 Å². The van der Waals surface area contributed by atoms with Gasteiger partial charge in [-0.05, 0) is 58.7 Å². The lowest BCUT2D eigenvalue weighted by atomic mass is 10.1. The number of nitrogens with zero attached hydrogens (tertiary/aromatic N) is 2. The van der Waals surface area contributed by atoms with E-state index in [1.54, 1.807) is 30.3 Å². The monoisotopic (exact) mass is 411 g/mol. The fourth-order valence-electron chi connectivity index (χ4n) is 1.82. The molecule has 0 saturated carbocycles. The summed E-state index contributed by atoms with van der Waals surface area (Å²) in [6.45, 7) is 1.58. The fraction of sp³-hybridized carbons (Fsp3) is 0.188. The number of aryl methyl sites for hydroxylation is 1. The van der Waals surface area contributed by atoms with Gasteiger partial charge in [0.2, 0.25) is 11.7 Å². The maximum atomic E-state index is 12.1. The summed E-state index contributed by atoms with van der Waals surface area (Å²) in [7, 11) is 1.49. The number of rotatable bonds is 6. The van der Waals surface area contributed by atoms with Gasteiger partial charge in [0.05, 0.1) is 11.6 Å². The highest BCUT2D eigenvalue weighted by molar-refractivity contribution is 9.10. The quantitative estimate of drug-likeness (QED) is 0.340. The van der Waals surface area contributed by atoms with Crippen molar-refractivity contribution < 1.29 is 14.4 Å². The van der Waals surface area contributed by atoms with Crippen LogP contribution in [0.1, 0.15) is 21.6 Å². The smallest absolute Gasteiger partial charge is 0.228 e. The molecular weight excluding hydrogens is 398 g/mol. The molecule has 24 heavy (non-hydrogen) atoms. The molecule has 0 aliphatic carbocycles. The summed E-state index contributed by atoms with van der Waals surface area (Å²) in [5.41, 5.74) is 7.49. The molecule has 126 valence electrons. The summed E-state index contributed by atoms with van der Waals surface area (Å²) in [5, 5.41) is 4.32. The van der Waals surface area contributed by atoms with Gasteiger partial charge >= 0.3 is 0 Å². The summed E-state index contributed by atoms with van der Waals surface area (Å²) >= 11 is 9.23. The zero-order chi connectivity index (χ0) is 17.7. The van der Waals surface area contributed by atoms with Crippen molar-refractivity contribution >= 4 is 39.1 Å². The molecule has 0 bridgehead atoms. The lowest BCUT2D eigenvalue weighted by Crippen LogP contribution is -2.17. The maximum absolute atomic E-state index is 12.1. The Hall–Kier alpha value is -2.12. The minimum absolute atomic E-state index is 0.0425. The minimum Gasteiger partial charge on any atom is -0.480 e. The zero-order valence-corrected chi connectivity index (χ0v) is 15.4. The first-order valence-corrected chi connectivity index (χ1v) is 8.05. The Morgan fingerprint density at radius 1 is 1.38 bits per heavy atom. The molecule has 2 N–H and O–H groups in total. The van der Waals surface area contributed by atoms with Gasteiger partial charge in [-0.25, -0.2) is 4.98 Å². The number of hydrogen-bond acceptors (Lipinski definition) is 5. The third-order valence-corrected chi connectivity index (χ3v) is 4.14. The van der Waals surface area contributed by atoms with Crippen LogP contribution in [0.25, 0.3) is 0 Å². The van der Waals surface area contributed by atoms with Gasteiger partial charge in [0, 0.05) is 10.6 Å². The van der Waals surface area contributed by atoms with E-state index in [0.29, 0.717) is 26.6 Å². The van der Waals surface area contributed by atoms with E-state index in [1.165, 1.54) is 7.11 Å². The van der Waals surface area contributed by atoms with Gasteiger partial charge in [0.25, 0.3) is 0 Å². The van der Waals surface area contributed by atoms with Crippen molar-refractivity contribution in [1.29, 1.82) is 0 Å².